The minimum atomic E-state index is 0.0912. The molecule has 1 aliphatic heterocycles. The quantitative estimate of drug-likeness (QED) is 0.871. The van der Waals surface area contributed by atoms with E-state index in [0.29, 0.717) is 13.0 Å². The van der Waals surface area contributed by atoms with Crippen molar-refractivity contribution in [2.24, 2.45) is 0 Å². The molecule has 3 rings (SSSR count). The van der Waals surface area contributed by atoms with Gasteiger partial charge in [-0.15, -0.1) is 0 Å². The molecule has 25 heavy (non-hydrogen) atoms. The fraction of sp³-hybridized carbons (Fsp3) is 0.474. The van der Waals surface area contributed by atoms with Gasteiger partial charge in [0.2, 0.25) is 5.91 Å². The van der Waals surface area contributed by atoms with Crippen LogP contribution in [0, 0.1) is 6.92 Å². The van der Waals surface area contributed by atoms with Gasteiger partial charge < -0.3 is 14.6 Å². The fourth-order valence-corrected chi connectivity index (χ4v) is 3.11. The van der Waals surface area contributed by atoms with Gasteiger partial charge in [0.1, 0.15) is 5.82 Å². The van der Waals surface area contributed by atoms with Crippen LogP contribution >= 0.6 is 0 Å². The van der Waals surface area contributed by atoms with Crippen molar-refractivity contribution in [2.45, 2.75) is 32.9 Å². The predicted molar refractivity (Wildman–Crippen MR) is 96.6 cm³/mol. The minimum Gasteiger partial charge on any atom is -0.379 e. The first-order chi connectivity index (χ1) is 12.1. The van der Waals surface area contributed by atoms with Crippen LogP contribution in [0.4, 0.5) is 0 Å². The third-order valence-electron chi connectivity index (χ3n) is 4.68. The molecule has 0 spiro atoms. The Kier molecular flexibility index (Phi) is 5.83. The molecule has 1 aliphatic rings. The number of nitrogens with one attached hydrogen (secondary N) is 1. The maximum absolute atomic E-state index is 12.2. The van der Waals surface area contributed by atoms with Gasteiger partial charge in [-0.2, -0.15) is 0 Å². The number of carbonyl (C=O) groups is 1. The van der Waals surface area contributed by atoms with E-state index in [0.717, 1.165) is 43.4 Å². The number of carbonyl (C=O) groups excluding carboxylic acids is 1. The smallest absolute Gasteiger partial charge is 0.221 e. The summed E-state index contributed by atoms with van der Waals surface area (Å²) in [5.41, 5.74) is 2.17. The van der Waals surface area contributed by atoms with Gasteiger partial charge in [-0.3, -0.25) is 9.69 Å². The van der Waals surface area contributed by atoms with Gasteiger partial charge in [0.15, 0.2) is 0 Å². The topological polar surface area (TPSA) is 59.4 Å². The van der Waals surface area contributed by atoms with Gasteiger partial charge in [0.05, 0.1) is 13.2 Å². The van der Waals surface area contributed by atoms with Crippen LogP contribution in [0.2, 0.25) is 0 Å². The van der Waals surface area contributed by atoms with Crippen LogP contribution in [0.3, 0.4) is 0 Å². The molecule has 1 atom stereocenters. The van der Waals surface area contributed by atoms with Crippen LogP contribution in [0.5, 0.6) is 0 Å². The number of morpholine rings is 1. The Morgan fingerprint density at radius 2 is 2.00 bits per heavy atom. The molecule has 0 aliphatic carbocycles. The highest BCUT2D eigenvalue weighted by Crippen LogP contribution is 2.12. The van der Waals surface area contributed by atoms with Crippen molar-refractivity contribution in [3.05, 3.63) is 48.0 Å². The van der Waals surface area contributed by atoms with E-state index in [4.69, 9.17) is 4.74 Å². The van der Waals surface area contributed by atoms with Gasteiger partial charge in [-0.05, 0) is 31.5 Å². The standard InChI is InChI=1S/C19H26N4O2/c1-15(22-9-11-25-12-10-22)13-19(24)21-14-17-3-5-18(6-4-17)23-8-7-20-16(23)2/h3-8,15H,9-14H2,1-2H3,(H,21,24). The van der Waals surface area contributed by atoms with Crippen LogP contribution in [-0.2, 0) is 16.1 Å². The van der Waals surface area contributed by atoms with Crippen LogP contribution in [0.25, 0.3) is 5.69 Å². The summed E-state index contributed by atoms with van der Waals surface area (Å²) in [4.78, 5) is 18.7. The highest BCUT2D eigenvalue weighted by atomic mass is 16.5. The van der Waals surface area contributed by atoms with E-state index in [1.54, 1.807) is 6.20 Å². The molecule has 6 nitrogen and oxygen atoms in total. The van der Waals surface area contributed by atoms with E-state index in [9.17, 15) is 4.79 Å². The number of aryl methyl sites for hydroxylation is 1. The number of imidazole rings is 1. The first-order valence-electron chi connectivity index (χ1n) is 8.81. The Morgan fingerprint density at radius 3 is 2.64 bits per heavy atom. The lowest BCUT2D eigenvalue weighted by atomic mass is 10.1. The van der Waals surface area contributed by atoms with Crippen molar-refractivity contribution >= 4 is 5.91 Å². The summed E-state index contributed by atoms with van der Waals surface area (Å²) in [6.07, 6.45) is 4.25. The van der Waals surface area contributed by atoms with E-state index < -0.39 is 0 Å². The number of nitrogens with zero attached hydrogens (tertiary/aromatic N) is 3. The molecular weight excluding hydrogens is 316 g/mol. The maximum atomic E-state index is 12.2. The molecular formula is C19H26N4O2. The van der Waals surface area contributed by atoms with E-state index in [1.165, 1.54) is 0 Å². The number of aromatic nitrogens is 2. The Bertz CT molecular complexity index is 690. The number of hydrogen-bond donors (Lipinski definition) is 1. The lowest BCUT2D eigenvalue weighted by Gasteiger charge is -2.31. The highest BCUT2D eigenvalue weighted by Gasteiger charge is 2.19. The third-order valence-corrected chi connectivity index (χ3v) is 4.68. The Morgan fingerprint density at radius 1 is 1.28 bits per heavy atom. The second-order valence-electron chi connectivity index (χ2n) is 6.49. The molecule has 1 amide bonds. The first kappa shape index (κ1) is 17.6. The molecule has 2 aromatic rings. The molecule has 1 N–H and O–H groups in total. The van der Waals surface area contributed by atoms with Crippen LogP contribution in [0.15, 0.2) is 36.7 Å². The fourth-order valence-electron chi connectivity index (χ4n) is 3.11. The Hall–Kier alpha value is -2.18. The largest absolute Gasteiger partial charge is 0.379 e. The first-order valence-corrected chi connectivity index (χ1v) is 8.81. The molecule has 0 bridgehead atoms. The van der Waals surface area contributed by atoms with E-state index in [-0.39, 0.29) is 11.9 Å². The van der Waals surface area contributed by atoms with Crippen molar-refractivity contribution in [1.29, 1.82) is 0 Å². The lowest BCUT2D eigenvalue weighted by molar-refractivity contribution is -0.122. The molecule has 1 saturated heterocycles. The molecule has 1 fully saturated rings. The zero-order valence-corrected chi connectivity index (χ0v) is 14.9. The van der Waals surface area contributed by atoms with Gasteiger partial charge in [0.25, 0.3) is 0 Å². The SMILES string of the molecule is Cc1nccn1-c1ccc(CNC(=O)CC(C)N2CCOCC2)cc1. The van der Waals surface area contributed by atoms with Crippen LogP contribution in [0.1, 0.15) is 24.7 Å². The van der Waals surface area contributed by atoms with Gasteiger partial charge in [-0.1, -0.05) is 12.1 Å². The van der Waals surface area contributed by atoms with Crippen LogP contribution < -0.4 is 5.32 Å². The zero-order valence-electron chi connectivity index (χ0n) is 14.9. The average molecular weight is 342 g/mol. The molecule has 1 unspecified atom stereocenters. The van der Waals surface area contributed by atoms with Crippen molar-refractivity contribution in [3.63, 3.8) is 0 Å². The number of benzene rings is 1. The van der Waals surface area contributed by atoms with E-state index in [2.05, 4.69) is 22.1 Å². The van der Waals surface area contributed by atoms with Crippen molar-refractivity contribution in [2.75, 3.05) is 26.3 Å². The molecule has 1 aromatic heterocycles. The molecule has 0 saturated carbocycles. The minimum absolute atomic E-state index is 0.0912. The Balaban J connectivity index is 1.48. The summed E-state index contributed by atoms with van der Waals surface area (Å²) < 4.78 is 7.39. The van der Waals surface area contributed by atoms with Crippen molar-refractivity contribution in [3.8, 4) is 5.69 Å². The summed E-state index contributed by atoms with van der Waals surface area (Å²) in [7, 11) is 0. The summed E-state index contributed by atoms with van der Waals surface area (Å²) in [5.74, 6) is 1.05. The maximum Gasteiger partial charge on any atom is 0.221 e. The molecule has 134 valence electrons. The zero-order chi connectivity index (χ0) is 17.6. The molecule has 0 radical (unpaired) electrons. The highest BCUT2D eigenvalue weighted by molar-refractivity contribution is 5.76. The van der Waals surface area contributed by atoms with E-state index >= 15 is 0 Å². The van der Waals surface area contributed by atoms with Crippen molar-refractivity contribution in [1.82, 2.24) is 19.8 Å². The van der Waals surface area contributed by atoms with Gasteiger partial charge in [0, 0.05) is 50.2 Å². The van der Waals surface area contributed by atoms with Crippen molar-refractivity contribution < 1.29 is 9.53 Å². The normalized spacial score (nSPS) is 16.6. The summed E-state index contributed by atoms with van der Waals surface area (Å²) >= 11 is 0. The molecule has 1 aromatic carbocycles. The summed E-state index contributed by atoms with van der Waals surface area (Å²) in [6, 6.07) is 8.43. The summed E-state index contributed by atoms with van der Waals surface area (Å²) in [5, 5.41) is 3.02. The lowest BCUT2D eigenvalue weighted by Crippen LogP contribution is -2.44. The Labute approximate surface area is 148 Å². The number of ether oxygens (including phenoxy) is 1. The van der Waals surface area contributed by atoms with Crippen LogP contribution in [-0.4, -0.2) is 52.7 Å². The van der Waals surface area contributed by atoms with Gasteiger partial charge >= 0.3 is 0 Å². The summed E-state index contributed by atoms with van der Waals surface area (Å²) in [6.45, 7) is 7.96. The monoisotopic (exact) mass is 342 g/mol. The van der Waals surface area contributed by atoms with E-state index in [1.807, 2.05) is 42.0 Å². The van der Waals surface area contributed by atoms with Gasteiger partial charge in [-0.25, -0.2) is 4.98 Å². The second kappa shape index (κ2) is 8.27. The number of hydrogen-bond acceptors (Lipinski definition) is 4. The number of rotatable bonds is 6. The average Bonchev–Trinajstić information content (AvgIpc) is 3.07. The molecule has 6 heteroatoms. The third kappa shape index (κ3) is 4.67. The molecule has 2 heterocycles. The predicted octanol–water partition coefficient (Wildman–Crippen LogP) is 1.91. The second-order valence-corrected chi connectivity index (χ2v) is 6.49. The number of amides is 1.